The van der Waals surface area contributed by atoms with Crippen LogP contribution in [0.5, 0.6) is 0 Å². The van der Waals surface area contributed by atoms with Crippen LogP contribution in [0, 0.1) is 5.92 Å². The molecule has 0 N–H and O–H groups in total. The molecule has 0 aromatic heterocycles. The van der Waals surface area contributed by atoms with E-state index < -0.39 is 0 Å². The molecule has 0 aromatic rings. The van der Waals surface area contributed by atoms with Crippen molar-refractivity contribution in [2.75, 3.05) is 19.8 Å². The van der Waals surface area contributed by atoms with Crippen molar-refractivity contribution in [2.24, 2.45) is 5.92 Å². The zero-order valence-electron chi connectivity index (χ0n) is 9.72. The molecule has 80 valence electrons. The van der Waals surface area contributed by atoms with Crippen LogP contribution < -0.4 is 0 Å². The average molecular weight is 188 g/mol. The Labute approximate surface area is 82.6 Å². The molecule has 2 nitrogen and oxygen atoms in total. The summed E-state index contributed by atoms with van der Waals surface area (Å²) in [5.41, 5.74) is -0.0140. The molecule has 0 bridgehead atoms. The second-order valence-corrected chi connectivity index (χ2v) is 4.51. The molecule has 0 unspecified atom stereocenters. The molecular formula is C11H24O2. The van der Waals surface area contributed by atoms with Gasteiger partial charge in [0.2, 0.25) is 0 Å². The molecule has 0 rings (SSSR count). The second kappa shape index (κ2) is 6.39. The van der Waals surface area contributed by atoms with Gasteiger partial charge in [-0.3, -0.25) is 0 Å². The SMILES string of the molecule is CCOCC[C@H](C)COC(C)(C)C. The molecule has 0 aliphatic rings. The lowest BCUT2D eigenvalue weighted by Gasteiger charge is -2.22. The van der Waals surface area contributed by atoms with Crippen LogP contribution >= 0.6 is 0 Å². The van der Waals surface area contributed by atoms with Crippen LogP contribution in [0.3, 0.4) is 0 Å². The van der Waals surface area contributed by atoms with E-state index in [4.69, 9.17) is 9.47 Å². The highest BCUT2D eigenvalue weighted by atomic mass is 16.5. The summed E-state index contributed by atoms with van der Waals surface area (Å²) in [5, 5.41) is 0. The predicted octanol–water partition coefficient (Wildman–Crippen LogP) is 2.86. The first-order chi connectivity index (χ1) is 5.95. The topological polar surface area (TPSA) is 18.5 Å². The molecule has 1 atom stereocenters. The normalized spacial score (nSPS) is 14.5. The smallest absolute Gasteiger partial charge is 0.0598 e. The van der Waals surface area contributed by atoms with E-state index in [1.165, 1.54) is 0 Å². The number of hydrogen-bond donors (Lipinski definition) is 0. The lowest BCUT2D eigenvalue weighted by molar-refractivity contribution is -0.0244. The maximum absolute atomic E-state index is 5.67. The van der Waals surface area contributed by atoms with Gasteiger partial charge in [0, 0.05) is 19.8 Å². The standard InChI is InChI=1S/C11H24O2/c1-6-12-8-7-10(2)9-13-11(3,4)5/h10H,6-9H2,1-5H3/t10-/m0/s1. The fourth-order valence-electron chi connectivity index (χ4n) is 0.904. The molecule has 0 radical (unpaired) electrons. The van der Waals surface area contributed by atoms with Gasteiger partial charge in [0.05, 0.1) is 5.60 Å². The lowest BCUT2D eigenvalue weighted by atomic mass is 10.1. The van der Waals surface area contributed by atoms with Gasteiger partial charge >= 0.3 is 0 Å². The Bertz CT molecular complexity index is 116. The van der Waals surface area contributed by atoms with Crippen molar-refractivity contribution in [1.82, 2.24) is 0 Å². The first kappa shape index (κ1) is 12.9. The van der Waals surface area contributed by atoms with Crippen molar-refractivity contribution in [1.29, 1.82) is 0 Å². The lowest BCUT2D eigenvalue weighted by Crippen LogP contribution is -2.23. The Morgan fingerprint density at radius 2 is 1.85 bits per heavy atom. The van der Waals surface area contributed by atoms with Crippen LogP contribution in [-0.2, 0) is 9.47 Å². The largest absolute Gasteiger partial charge is 0.382 e. The third kappa shape index (κ3) is 9.84. The summed E-state index contributed by atoms with van der Waals surface area (Å²) < 4.78 is 10.9. The van der Waals surface area contributed by atoms with Crippen LogP contribution in [0.15, 0.2) is 0 Å². The summed E-state index contributed by atoms with van der Waals surface area (Å²) in [6, 6.07) is 0. The Morgan fingerprint density at radius 1 is 1.23 bits per heavy atom. The third-order valence-corrected chi connectivity index (χ3v) is 1.76. The fraction of sp³-hybridized carbons (Fsp3) is 1.00. The Morgan fingerprint density at radius 3 is 2.31 bits per heavy atom. The molecular weight excluding hydrogens is 164 g/mol. The fourth-order valence-corrected chi connectivity index (χ4v) is 0.904. The molecule has 0 saturated heterocycles. The van der Waals surface area contributed by atoms with Gasteiger partial charge in [0.25, 0.3) is 0 Å². The summed E-state index contributed by atoms with van der Waals surface area (Å²) in [4.78, 5) is 0. The Kier molecular flexibility index (Phi) is 6.35. The molecule has 0 fully saturated rings. The molecule has 0 aliphatic carbocycles. The monoisotopic (exact) mass is 188 g/mol. The summed E-state index contributed by atoms with van der Waals surface area (Å²) in [6.07, 6.45) is 1.09. The molecule has 0 amide bonds. The van der Waals surface area contributed by atoms with Crippen LogP contribution in [-0.4, -0.2) is 25.4 Å². The predicted molar refractivity (Wildman–Crippen MR) is 56.0 cm³/mol. The second-order valence-electron chi connectivity index (χ2n) is 4.51. The molecule has 0 saturated carbocycles. The Balaban J connectivity index is 3.35. The summed E-state index contributed by atoms with van der Waals surface area (Å²) in [6.45, 7) is 13.0. The molecule has 0 aliphatic heterocycles. The average Bonchev–Trinajstić information content (AvgIpc) is 2.00. The van der Waals surface area contributed by atoms with Gasteiger partial charge in [-0.1, -0.05) is 6.92 Å². The van der Waals surface area contributed by atoms with Crippen molar-refractivity contribution < 1.29 is 9.47 Å². The van der Waals surface area contributed by atoms with Gasteiger partial charge in [-0.05, 0) is 40.0 Å². The van der Waals surface area contributed by atoms with Crippen LogP contribution in [0.4, 0.5) is 0 Å². The molecule has 2 heteroatoms. The third-order valence-electron chi connectivity index (χ3n) is 1.76. The molecule has 0 aromatic carbocycles. The maximum Gasteiger partial charge on any atom is 0.0598 e. The Hall–Kier alpha value is -0.0800. The highest BCUT2D eigenvalue weighted by Gasteiger charge is 2.12. The van der Waals surface area contributed by atoms with Gasteiger partial charge in [0.1, 0.15) is 0 Å². The minimum Gasteiger partial charge on any atom is -0.382 e. The zero-order valence-corrected chi connectivity index (χ0v) is 9.72. The molecule has 13 heavy (non-hydrogen) atoms. The van der Waals surface area contributed by atoms with Crippen LogP contribution in [0.1, 0.15) is 41.0 Å². The van der Waals surface area contributed by atoms with E-state index in [-0.39, 0.29) is 5.60 Å². The quantitative estimate of drug-likeness (QED) is 0.597. The summed E-state index contributed by atoms with van der Waals surface area (Å²) in [7, 11) is 0. The van der Waals surface area contributed by atoms with E-state index in [9.17, 15) is 0 Å². The van der Waals surface area contributed by atoms with Gasteiger partial charge in [0.15, 0.2) is 0 Å². The van der Waals surface area contributed by atoms with Crippen molar-refractivity contribution in [3.8, 4) is 0 Å². The maximum atomic E-state index is 5.67. The number of ether oxygens (including phenoxy) is 2. The number of rotatable bonds is 6. The summed E-state index contributed by atoms with van der Waals surface area (Å²) >= 11 is 0. The first-order valence-electron chi connectivity index (χ1n) is 5.17. The van der Waals surface area contributed by atoms with Gasteiger partial charge in [-0.2, -0.15) is 0 Å². The first-order valence-corrected chi connectivity index (χ1v) is 5.17. The number of hydrogen-bond acceptors (Lipinski definition) is 2. The van der Waals surface area contributed by atoms with Gasteiger partial charge < -0.3 is 9.47 Å². The zero-order chi connectivity index (χ0) is 10.3. The minimum absolute atomic E-state index is 0.0140. The molecule has 0 heterocycles. The van der Waals surface area contributed by atoms with E-state index in [0.29, 0.717) is 5.92 Å². The minimum atomic E-state index is -0.0140. The van der Waals surface area contributed by atoms with E-state index in [0.717, 1.165) is 26.2 Å². The summed E-state index contributed by atoms with van der Waals surface area (Å²) in [5.74, 6) is 0.589. The van der Waals surface area contributed by atoms with Crippen LogP contribution in [0.2, 0.25) is 0 Å². The van der Waals surface area contributed by atoms with Crippen molar-refractivity contribution in [3.05, 3.63) is 0 Å². The van der Waals surface area contributed by atoms with E-state index in [1.54, 1.807) is 0 Å². The van der Waals surface area contributed by atoms with Crippen molar-refractivity contribution in [2.45, 2.75) is 46.6 Å². The molecule has 0 spiro atoms. The van der Waals surface area contributed by atoms with E-state index >= 15 is 0 Å². The van der Waals surface area contributed by atoms with Crippen molar-refractivity contribution >= 4 is 0 Å². The van der Waals surface area contributed by atoms with E-state index in [1.807, 2.05) is 6.92 Å². The van der Waals surface area contributed by atoms with Crippen molar-refractivity contribution in [3.63, 3.8) is 0 Å². The van der Waals surface area contributed by atoms with Gasteiger partial charge in [-0.15, -0.1) is 0 Å². The van der Waals surface area contributed by atoms with Gasteiger partial charge in [-0.25, -0.2) is 0 Å². The van der Waals surface area contributed by atoms with E-state index in [2.05, 4.69) is 27.7 Å². The highest BCUT2D eigenvalue weighted by Crippen LogP contribution is 2.11. The highest BCUT2D eigenvalue weighted by molar-refractivity contribution is 4.60. The van der Waals surface area contributed by atoms with Crippen LogP contribution in [0.25, 0.3) is 0 Å².